The lowest BCUT2D eigenvalue weighted by atomic mass is 10.1. The maximum atomic E-state index is 13.0. The highest BCUT2D eigenvalue weighted by molar-refractivity contribution is 7.87. The van der Waals surface area contributed by atoms with Gasteiger partial charge in [0.2, 0.25) is 0 Å². The minimum absolute atomic E-state index is 0.104. The molecule has 1 amide bonds. The van der Waals surface area contributed by atoms with Crippen molar-refractivity contribution < 1.29 is 35.3 Å². The molecule has 0 spiro atoms. The van der Waals surface area contributed by atoms with E-state index in [9.17, 15) is 26.4 Å². The van der Waals surface area contributed by atoms with Gasteiger partial charge in [-0.05, 0) is 54.1 Å². The number of rotatable bonds is 9. The maximum Gasteiger partial charge on any atom is 0.416 e. The standard InChI is InChI=1S/C24H20Cl2F3NO5S/c1-34-10-9-30(23(31)17-11-19(25)14-20(26)12-17)15-16-5-7-21(8-6-16)35-36(32,33)22-4-2-3-18(13-22)24(27,28)29/h2-8,11-14H,9-10,15H2,1H3. The summed E-state index contributed by atoms with van der Waals surface area (Å²) in [5.74, 6) is -0.448. The molecule has 0 fully saturated rings. The summed E-state index contributed by atoms with van der Waals surface area (Å²) >= 11 is 12.0. The fraction of sp³-hybridized carbons (Fsp3) is 0.208. The SMILES string of the molecule is COCCN(Cc1ccc(OS(=O)(=O)c2cccc(C(F)(F)F)c2)cc1)C(=O)c1cc(Cl)cc(Cl)c1. The molecular formula is C24H20Cl2F3NO5S. The predicted molar refractivity (Wildman–Crippen MR) is 129 cm³/mol. The number of carbonyl (C=O) groups excluding carboxylic acids is 1. The molecule has 0 N–H and O–H groups in total. The van der Waals surface area contributed by atoms with Gasteiger partial charge in [-0.3, -0.25) is 4.79 Å². The summed E-state index contributed by atoms with van der Waals surface area (Å²) < 4.78 is 73.8. The average Bonchev–Trinajstić information content (AvgIpc) is 2.81. The lowest BCUT2D eigenvalue weighted by Gasteiger charge is -2.23. The molecule has 0 saturated heterocycles. The van der Waals surface area contributed by atoms with Gasteiger partial charge in [-0.2, -0.15) is 21.6 Å². The summed E-state index contributed by atoms with van der Waals surface area (Å²) in [7, 11) is -3.01. The van der Waals surface area contributed by atoms with Gasteiger partial charge in [0, 0.05) is 35.8 Å². The van der Waals surface area contributed by atoms with E-state index in [1.807, 2.05) is 0 Å². The number of amides is 1. The molecular weight excluding hydrogens is 542 g/mol. The van der Waals surface area contributed by atoms with Crippen molar-refractivity contribution in [1.82, 2.24) is 4.90 Å². The van der Waals surface area contributed by atoms with Crippen LogP contribution >= 0.6 is 23.2 Å². The zero-order chi connectivity index (χ0) is 26.5. The zero-order valence-corrected chi connectivity index (χ0v) is 21.1. The van der Waals surface area contributed by atoms with Crippen LogP contribution in [0.25, 0.3) is 0 Å². The van der Waals surface area contributed by atoms with Gasteiger partial charge in [0.25, 0.3) is 5.91 Å². The number of ether oxygens (including phenoxy) is 1. The monoisotopic (exact) mass is 561 g/mol. The van der Waals surface area contributed by atoms with Crippen molar-refractivity contribution in [2.75, 3.05) is 20.3 Å². The van der Waals surface area contributed by atoms with Crippen molar-refractivity contribution in [2.45, 2.75) is 17.6 Å². The van der Waals surface area contributed by atoms with Crippen molar-refractivity contribution >= 4 is 39.2 Å². The Hall–Kier alpha value is -2.79. The largest absolute Gasteiger partial charge is 0.416 e. The Balaban J connectivity index is 1.76. The molecule has 3 rings (SSSR count). The van der Waals surface area contributed by atoms with Gasteiger partial charge in [0.05, 0.1) is 12.2 Å². The highest BCUT2D eigenvalue weighted by Gasteiger charge is 2.32. The maximum absolute atomic E-state index is 13.0. The molecule has 0 aliphatic heterocycles. The molecule has 0 aliphatic carbocycles. The Morgan fingerprint density at radius 3 is 2.19 bits per heavy atom. The number of hydrogen-bond donors (Lipinski definition) is 0. The van der Waals surface area contributed by atoms with Crippen molar-refractivity contribution in [2.24, 2.45) is 0 Å². The molecule has 0 aliphatic rings. The van der Waals surface area contributed by atoms with Gasteiger partial charge in [0.1, 0.15) is 10.6 Å². The first-order valence-corrected chi connectivity index (χ1v) is 12.5. The van der Waals surface area contributed by atoms with Crippen LogP contribution in [0.2, 0.25) is 10.0 Å². The van der Waals surface area contributed by atoms with E-state index in [0.29, 0.717) is 21.7 Å². The highest BCUT2D eigenvalue weighted by atomic mass is 35.5. The van der Waals surface area contributed by atoms with Crippen LogP contribution < -0.4 is 4.18 Å². The lowest BCUT2D eigenvalue weighted by Crippen LogP contribution is -2.33. The smallest absolute Gasteiger partial charge is 0.383 e. The van der Waals surface area contributed by atoms with Gasteiger partial charge >= 0.3 is 16.3 Å². The number of hydrogen-bond acceptors (Lipinski definition) is 5. The second kappa shape index (κ2) is 11.5. The molecule has 192 valence electrons. The second-order valence-electron chi connectivity index (χ2n) is 7.58. The third-order valence-electron chi connectivity index (χ3n) is 4.91. The summed E-state index contributed by atoms with van der Waals surface area (Å²) in [5, 5.41) is 0.613. The summed E-state index contributed by atoms with van der Waals surface area (Å²) in [6.07, 6.45) is -4.70. The minimum atomic E-state index is -4.70. The lowest BCUT2D eigenvalue weighted by molar-refractivity contribution is -0.137. The van der Waals surface area contributed by atoms with Crippen LogP contribution in [-0.4, -0.2) is 39.5 Å². The molecule has 0 aromatic heterocycles. The van der Waals surface area contributed by atoms with E-state index in [1.165, 1.54) is 54.5 Å². The molecule has 3 aromatic rings. The first-order valence-electron chi connectivity index (χ1n) is 10.3. The highest BCUT2D eigenvalue weighted by Crippen LogP contribution is 2.31. The first-order chi connectivity index (χ1) is 16.9. The fourth-order valence-corrected chi connectivity index (χ4v) is 4.69. The number of nitrogens with zero attached hydrogens (tertiary/aromatic N) is 1. The third-order valence-corrected chi connectivity index (χ3v) is 6.59. The van der Waals surface area contributed by atoms with Crippen LogP contribution in [0.3, 0.4) is 0 Å². The van der Waals surface area contributed by atoms with E-state index in [2.05, 4.69) is 0 Å². The number of alkyl halides is 3. The van der Waals surface area contributed by atoms with Gasteiger partial charge in [-0.25, -0.2) is 0 Å². The minimum Gasteiger partial charge on any atom is -0.383 e. The molecule has 0 bridgehead atoms. The van der Waals surface area contributed by atoms with Crippen molar-refractivity contribution in [3.63, 3.8) is 0 Å². The summed E-state index contributed by atoms with van der Waals surface area (Å²) in [5.41, 5.74) is -0.184. The van der Waals surface area contributed by atoms with E-state index in [4.69, 9.17) is 32.1 Å². The number of carbonyl (C=O) groups is 1. The van der Waals surface area contributed by atoms with Crippen molar-refractivity contribution in [3.05, 3.63) is 93.5 Å². The quantitative estimate of drug-likeness (QED) is 0.296. The topological polar surface area (TPSA) is 72.9 Å². The predicted octanol–water partition coefficient (Wildman–Crippen LogP) is 6.07. The molecule has 36 heavy (non-hydrogen) atoms. The number of benzene rings is 3. The summed E-state index contributed by atoms with van der Waals surface area (Å²) in [6, 6.07) is 13.5. The fourth-order valence-electron chi connectivity index (χ4n) is 3.19. The summed E-state index contributed by atoms with van der Waals surface area (Å²) in [4.78, 5) is 13.9. The average molecular weight is 562 g/mol. The molecule has 0 radical (unpaired) electrons. The number of halogens is 5. The Kier molecular flexibility index (Phi) is 8.89. The van der Waals surface area contributed by atoms with E-state index < -0.39 is 26.8 Å². The molecule has 0 saturated carbocycles. The summed E-state index contributed by atoms with van der Waals surface area (Å²) in [6.45, 7) is 0.658. The zero-order valence-electron chi connectivity index (χ0n) is 18.8. The second-order valence-corrected chi connectivity index (χ2v) is 10.0. The van der Waals surface area contributed by atoms with E-state index in [0.717, 1.165) is 18.2 Å². The molecule has 0 atom stereocenters. The van der Waals surface area contributed by atoms with Crippen LogP contribution in [0.4, 0.5) is 13.2 Å². The van der Waals surface area contributed by atoms with E-state index in [1.54, 1.807) is 0 Å². The Morgan fingerprint density at radius 2 is 1.61 bits per heavy atom. The van der Waals surface area contributed by atoms with Gasteiger partial charge < -0.3 is 13.8 Å². The molecule has 12 heteroatoms. The van der Waals surface area contributed by atoms with E-state index in [-0.39, 0.29) is 36.9 Å². The number of methoxy groups -OCH3 is 1. The molecule has 0 heterocycles. The van der Waals surface area contributed by atoms with Crippen molar-refractivity contribution in [1.29, 1.82) is 0 Å². The van der Waals surface area contributed by atoms with Crippen LogP contribution in [0, 0.1) is 0 Å². The molecule has 3 aromatic carbocycles. The van der Waals surface area contributed by atoms with Gasteiger partial charge in [0.15, 0.2) is 0 Å². The first kappa shape index (κ1) is 27.8. The Labute approximate surface area is 216 Å². The normalized spacial score (nSPS) is 11.8. The van der Waals surface area contributed by atoms with Crippen molar-refractivity contribution in [3.8, 4) is 5.75 Å². The van der Waals surface area contributed by atoms with Gasteiger partial charge in [-0.15, -0.1) is 0 Å². The van der Waals surface area contributed by atoms with Crippen LogP contribution in [0.5, 0.6) is 5.75 Å². The van der Waals surface area contributed by atoms with E-state index >= 15 is 0 Å². The van der Waals surface area contributed by atoms with Crippen LogP contribution in [0.15, 0.2) is 71.6 Å². The molecule has 0 unspecified atom stereocenters. The Bertz CT molecular complexity index is 1310. The third kappa shape index (κ3) is 7.36. The molecule has 6 nitrogen and oxygen atoms in total. The van der Waals surface area contributed by atoms with Gasteiger partial charge in [-0.1, -0.05) is 41.4 Å². The van der Waals surface area contributed by atoms with Crippen LogP contribution in [0.1, 0.15) is 21.5 Å². The Morgan fingerprint density at radius 1 is 0.972 bits per heavy atom. The van der Waals surface area contributed by atoms with Crippen LogP contribution in [-0.2, 0) is 27.6 Å².